The highest BCUT2D eigenvalue weighted by Gasteiger charge is 2.39. The lowest BCUT2D eigenvalue weighted by Gasteiger charge is -2.39. The molecule has 1 aromatic heterocycles. The van der Waals surface area contributed by atoms with Crippen LogP contribution in [0.5, 0.6) is 5.75 Å². The molecule has 0 aliphatic rings. The van der Waals surface area contributed by atoms with Crippen molar-refractivity contribution >= 4 is 25.7 Å². The summed E-state index contributed by atoms with van der Waals surface area (Å²) >= 11 is 0. The number of carbonyl (C=O) groups excluding carboxylic acids is 1. The van der Waals surface area contributed by atoms with E-state index >= 15 is 0 Å². The van der Waals surface area contributed by atoms with E-state index in [1.54, 1.807) is 12.1 Å². The largest absolute Gasteiger partial charge is 0.506 e. The predicted molar refractivity (Wildman–Crippen MR) is 103 cm³/mol. The molecule has 0 bridgehead atoms. The number of benzene rings is 1. The smallest absolute Gasteiger partial charge is 0.321 e. The Morgan fingerprint density at radius 3 is 2.46 bits per heavy atom. The van der Waals surface area contributed by atoms with E-state index in [4.69, 9.17) is 15.0 Å². The highest BCUT2D eigenvalue weighted by molar-refractivity contribution is 6.74. The Bertz CT molecular complexity index is 870. The van der Waals surface area contributed by atoms with Gasteiger partial charge in [0.2, 0.25) is 0 Å². The second kappa shape index (κ2) is 7.22. The van der Waals surface area contributed by atoms with Gasteiger partial charge < -0.3 is 20.1 Å². The molecule has 8 heteroatoms. The Balaban J connectivity index is 2.66. The topological polar surface area (TPSA) is 104 Å². The first-order valence-electron chi connectivity index (χ1n) is 8.40. The molecule has 1 heterocycles. The molecule has 26 heavy (non-hydrogen) atoms. The van der Waals surface area contributed by atoms with Crippen LogP contribution in [0, 0.1) is 0 Å². The molecular formula is C18H26N2O5Si. The van der Waals surface area contributed by atoms with Gasteiger partial charge in [-0.2, -0.15) is 0 Å². The van der Waals surface area contributed by atoms with Gasteiger partial charge in [-0.25, -0.2) is 0 Å². The highest BCUT2D eigenvalue weighted by Crippen LogP contribution is 2.41. The van der Waals surface area contributed by atoms with Crippen molar-refractivity contribution in [2.45, 2.75) is 45.0 Å². The molecule has 0 aliphatic carbocycles. The Kier molecular flexibility index (Phi) is 5.60. The molecule has 142 valence electrons. The molecule has 0 amide bonds. The van der Waals surface area contributed by atoms with Gasteiger partial charge in [-0.3, -0.25) is 9.59 Å². The molecule has 2 rings (SSSR count). The van der Waals surface area contributed by atoms with Crippen LogP contribution in [0.4, 0.5) is 0 Å². The molecule has 2 aromatic rings. The molecule has 1 atom stereocenters. The van der Waals surface area contributed by atoms with Gasteiger partial charge >= 0.3 is 6.47 Å². The van der Waals surface area contributed by atoms with Crippen molar-refractivity contribution in [3.8, 4) is 5.75 Å². The quantitative estimate of drug-likeness (QED) is 0.590. The van der Waals surface area contributed by atoms with Gasteiger partial charge in [0.05, 0.1) is 6.10 Å². The van der Waals surface area contributed by atoms with Gasteiger partial charge in [0.25, 0.3) is 5.56 Å². The minimum Gasteiger partial charge on any atom is -0.506 e. The summed E-state index contributed by atoms with van der Waals surface area (Å²) in [7, 11) is -2.11. The maximum absolute atomic E-state index is 12.0. The van der Waals surface area contributed by atoms with Crippen molar-refractivity contribution in [3.63, 3.8) is 0 Å². The molecular weight excluding hydrogens is 352 g/mol. The Morgan fingerprint density at radius 1 is 1.27 bits per heavy atom. The fourth-order valence-electron chi connectivity index (χ4n) is 2.53. The fourth-order valence-corrected chi connectivity index (χ4v) is 3.82. The van der Waals surface area contributed by atoms with Crippen LogP contribution in [0.2, 0.25) is 18.1 Å². The Labute approximate surface area is 153 Å². The first-order valence-corrected chi connectivity index (χ1v) is 11.3. The highest BCUT2D eigenvalue weighted by atomic mass is 28.4. The van der Waals surface area contributed by atoms with Crippen molar-refractivity contribution < 1.29 is 19.2 Å². The number of nitrogens with zero attached hydrogens (tertiary/aromatic N) is 1. The van der Waals surface area contributed by atoms with Crippen molar-refractivity contribution in [3.05, 3.63) is 40.2 Å². The van der Waals surface area contributed by atoms with Crippen LogP contribution in [0.1, 0.15) is 32.4 Å². The Morgan fingerprint density at radius 2 is 1.92 bits per heavy atom. The number of phenolic OH excluding ortho intramolecular Hbond substituents is 1. The van der Waals surface area contributed by atoms with Crippen molar-refractivity contribution in [2.24, 2.45) is 5.73 Å². The van der Waals surface area contributed by atoms with Crippen LogP contribution in [0.25, 0.3) is 10.9 Å². The number of hydrogen-bond acceptors (Lipinski definition) is 6. The zero-order valence-corrected chi connectivity index (χ0v) is 16.8. The van der Waals surface area contributed by atoms with E-state index < -0.39 is 20.0 Å². The first kappa shape index (κ1) is 20.2. The molecule has 3 N–H and O–H groups in total. The van der Waals surface area contributed by atoms with E-state index in [2.05, 4.69) is 33.9 Å². The summed E-state index contributed by atoms with van der Waals surface area (Å²) in [6.45, 7) is 11.0. The maximum atomic E-state index is 12.0. The van der Waals surface area contributed by atoms with Crippen molar-refractivity contribution in [2.75, 3.05) is 6.54 Å². The number of aromatic nitrogens is 1. The molecule has 0 radical (unpaired) electrons. The minimum absolute atomic E-state index is 0.00410. The second-order valence-corrected chi connectivity index (χ2v) is 12.5. The predicted octanol–water partition coefficient (Wildman–Crippen LogP) is 2.31. The lowest BCUT2D eigenvalue weighted by molar-refractivity contribution is -0.129. The third-order valence-corrected chi connectivity index (χ3v) is 9.46. The summed E-state index contributed by atoms with van der Waals surface area (Å²) < 4.78 is 7.22. The molecule has 0 spiro atoms. The van der Waals surface area contributed by atoms with E-state index in [1.165, 1.54) is 12.1 Å². The normalized spacial score (nSPS) is 13.6. The first-order chi connectivity index (χ1) is 12.0. The number of fused-ring (bicyclic) bond motifs is 1. The number of phenols is 1. The fraction of sp³-hybridized carbons (Fsp3) is 0.444. The lowest BCUT2D eigenvalue weighted by atomic mass is 10.0. The van der Waals surface area contributed by atoms with E-state index in [9.17, 15) is 14.7 Å². The number of nitrogens with two attached hydrogens (primary N) is 1. The monoisotopic (exact) mass is 378 g/mol. The number of pyridine rings is 1. The van der Waals surface area contributed by atoms with Gasteiger partial charge in [-0.15, -0.1) is 4.73 Å². The van der Waals surface area contributed by atoms with Crippen molar-refractivity contribution in [1.82, 2.24) is 4.73 Å². The number of aromatic hydroxyl groups is 1. The summed E-state index contributed by atoms with van der Waals surface area (Å²) in [6, 6.07) is 6.02. The van der Waals surface area contributed by atoms with Crippen molar-refractivity contribution in [1.29, 1.82) is 0 Å². The number of hydrogen-bond donors (Lipinski definition) is 2. The minimum atomic E-state index is -2.11. The average molecular weight is 379 g/mol. The summed E-state index contributed by atoms with van der Waals surface area (Å²) in [6.07, 6.45) is -0.416. The average Bonchev–Trinajstić information content (AvgIpc) is 2.55. The third kappa shape index (κ3) is 3.67. The van der Waals surface area contributed by atoms with Crippen LogP contribution in [-0.2, 0) is 9.22 Å². The molecule has 0 fully saturated rings. The number of carbonyl (C=O) groups is 1. The van der Waals surface area contributed by atoms with E-state index in [-0.39, 0.29) is 29.3 Å². The zero-order chi connectivity index (χ0) is 19.7. The molecule has 0 unspecified atom stereocenters. The maximum Gasteiger partial charge on any atom is 0.321 e. The Hall–Kier alpha value is -2.16. The van der Waals surface area contributed by atoms with Gasteiger partial charge in [-0.05, 0) is 35.8 Å². The van der Waals surface area contributed by atoms with Crippen LogP contribution < -0.4 is 16.1 Å². The lowest BCUT2D eigenvalue weighted by Crippen LogP contribution is -2.43. The van der Waals surface area contributed by atoms with Gasteiger partial charge in [0, 0.05) is 18.0 Å². The van der Waals surface area contributed by atoms with Crippen LogP contribution in [0.3, 0.4) is 0 Å². The SMILES string of the molecule is CC(C)(C)[Si](C)(C)O[C@@H](CN)c1ccc(O)c2c1ccc(=O)n2OC=O. The summed E-state index contributed by atoms with van der Waals surface area (Å²) in [5.74, 6) is -0.175. The van der Waals surface area contributed by atoms with Gasteiger partial charge in [0.1, 0.15) is 11.3 Å². The summed E-state index contributed by atoms with van der Waals surface area (Å²) in [5, 5.41) is 10.8. The molecule has 7 nitrogen and oxygen atoms in total. The second-order valence-electron chi connectivity index (χ2n) is 7.71. The standard InChI is InChI=1S/C18H26N2O5Si/c1-18(2,3)26(4,5)25-15(10-19)12-6-8-14(22)17-13(12)7-9-16(23)20(17)24-11-21/h6-9,11,15,22H,10,19H2,1-5H3/t15-/m0/s1. The van der Waals surface area contributed by atoms with Crippen LogP contribution in [0.15, 0.2) is 29.1 Å². The summed E-state index contributed by atoms with van der Waals surface area (Å²) in [5.41, 5.74) is 6.27. The summed E-state index contributed by atoms with van der Waals surface area (Å²) in [4.78, 5) is 27.5. The van der Waals surface area contributed by atoms with Gasteiger partial charge in [-0.1, -0.05) is 26.8 Å². The third-order valence-electron chi connectivity index (χ3n) is 4.98. The van der Waals surface area contributed by atoms with E-state index in [0.29, 0.717) is 5.39 Å². The van der Waals surface area contributed by atoms with Crippen LogP contribution in [-0.4, -0.2) is 31.2 Å². The van der Waals surface area contributed by atoms with Crippen LogP contribution >= 0.6 is 0 Å². The molecule has 1 aromatic carbocycles. The molecule has 0 saturated carbocycles. The van der Waals surface area contributed by atoms with E-state index in [0.717, 1.165) is 10.3 Å². The molecule has 0 saturated heterocycles. The van der Waals surface area contributed by atoms with Gasteiger partial charge in [0.15, 0.2) is 8.32 Å². The molecule has 0 aliphatic heterocycles. The number of rotatable bonds is 6. The zero-order valence-electron chi connectivity index (χ0n) is 15.8. The van der Waals surface area contributed by atoms with E-state index in [1.807, 2.05) is 0 Å².